The topological polar surface area (TPSA) is 61.0 Å². The molecule has 5 nitrogen and oxygen atoms in total. The minimum Gasteiger partial charge on any atom is -0.345 e. The van der Waals surface area contributed by atoms with E-state index in [1.165, 1.54) is 0 Å². The van der Waals surface area contributed by atoms with Gasteiger partial charge in [-0.25, -0.2) is 0 Å². The van der Waals surface area contributed by atoms with Crippen molar-refractivity contribution in [2.75, 3.05) is 27.2 Å². The fraction of sp³-hybridized carbons (Fsp3) is 0.636. The van der Waals surface area contributed by atoms with Crippen LogP contribution in [-0.2, 0) is 0 Å². The summed E-state index contributed by atoms with van der Waals surface area (Å²) >= 11 is 0. The zero-order valence-corrected chi connectivity index (χ0v) is 9.79. The van der Waals surface area contributed by atoms with Gasteiger partial charge >= 0.3 is 0 Å². The Morgan fingerprint density at radius 1 is 1.56 bits per heavy atom. The summed E-state index contributed by atoms with van der Waals surface area (Å²) in [7, 11) is 3.52. The maximum absolute atomic E-state index is 11.9. The van der Waals surface area contributed by atoms with Crippen molar-refractivity contribution < 1.29 is 4.79 Å². The number of amides is 1. The Labute approximate surface area is 95.2 Å². The first-order valence-electron chi connectivity index (χ1n) is 5.65. The van der Waals surface area contributed by atoms with Gasteiger partial charge in [-0.2, -0.15) is 5.10 Å². The first-order chi connectivity index (χ1) is 7.70. The summed E-state index contributed by atoms with van der Waals surface area (Å²) < 4.78 is 0. The molecule has 88 valence electrons. The Kier molecular flexibility index (Phi) is 3.24. The Morgan fingerprint density at radius 3 is 3.00 bits per heavy atom. The molecule has 0 aromatic carbocycles. The van der Waals surface area contributed by atoms with Gasteiger partial charge in [0, 0.05) is 26.6 Å². The number of hydrogen-bond donors (Lipinski definition) is 2. The van der Waals surface area contributed by atoms with E-state index in [9.17, 15) is 4.79 Å². The van der Waals surface area contributed by atoms with Crippen molar-refractivity contribution in [3.63, 3.8) is 0 Å². The second-order valence-corrected chi connectivity index (χ2v) is 4.44. The smallest absolute Gasteiger partial charge is 0.256 e. The van der Waals surface area contributed by atoms with Gasteiger partial charge in [-0.1, -0.05) is 0 Å². The zero-order valence-electron chi connectivity index (χ0n) is 9.79. The van der Waals surface area contributed by atoms with E-state index >= 15 is 0 Å². The minimum atomic E-state index is 0.0225. The highest BCUT2D eigenvalue weighted by atomic mass is 16.2. The monoisotopic (exact) mass is 222 g/mol. The third-order valence-electron chi connectivity index (χ3n) is 3.01. The van der Waals surface area contributed by atoms with Gasteiger partial charge in [-0.3, -0.25) is 9.89 Å². The van der Waals surface area contributed by atoms with Crippen molar-refractivity contribution in [2.45, 2.75) is 18.8 Å². The number of hydrogen-bond acceptors (Lipinski definition) is 3. The van der Waals surface area contributed by atoms with E-state index in [4.69, 9.17) is 0 Å². The molecule has 5 heteroatoms. The molecule has 1 aromatic rings. The summed E-state index contributed by atoms with van der Waals surface area (Å²) in [4.78, 5) is 13.5. The number of piperidine rings is 1. The van der Waals surface area contributed by atoms with Crippen LogP contribution in [0.4, 0.5) is 0 Å². The average Bonchev–Trinajstić information content (AvgIpc) is 2.77. The molecule has 2 N–H and O–H groups in total. The molecule has 2 heterocycles. The van der Waals surface area contributed by atoms with Crippen LogP contribution < -0.4 is 5.32 Å². The van der Waals surface area contributed by atoms with Crippen molar-refractivity contribution in [1.82, 2.24) is 20.4 Å². The van der Waals surface area contributed by atoms with Crippen molar-refractivity contribution in [2.24, 2.45) is 0 Å². The first kappa shape index (κ1) is 11.1. The molecular formula is C11H18N4O. The van der Waals surface area contributed by atoms with Crippen LogP contribution in [-0.4, -0.2) is 48.2 Å². The molecule has 0 saturated carbocycles. The molecule has 1 fully saturated rings. The molecule has 1 aliphatic rings. The number of rotatable bonds is 2. The van der Waals surface area contributed by atoms with Crippen LogP contribution in [0.3, 0.4) is 0 Å². The van der Waals surface area contributed by atoms with E-state index in [1.54, 1.807) is 25.2 Å². The van der Waals surface area contributed by atoms with Gasteiger partial charge in [0.1, 0.15) is 0 Å². The predicted molar refractivity (Wildman–Crippen MR) is 61.4 cm³/mol. The second-order valence-electron chi connectivity index (χ2n) is 4.44. The quantitative estimate of drug-likeness (QED) is 0.769. The lowest BCUT2D eigenvalue weighted by Crippen LogP contribution is -2.30. The molecule has 0 aliphatic carbocycles. The van der Waals surface area contributed by atoms with E-state index in [0.29, 0.717) is 11.5 Å². The van der Waals surface area contributed by atoms with E-state index in [1.807, 2.05) is 0 Å². The molecule has 1 atom stereocenters. The first-order valence-corrected chi connectivity index (χ1v) is 5.65. The molecule has 16 heavy (non-hydrogen) atoms. The molecule has 0 spiro atoms. The Balaban J connectivity index is 2.21. The van der Waals surface area contributed by atoms with Gasteiger partial charge in [0.2, 0.25) is 0 Å². The summed E-state index contributed by atoms with van der Waals surface area (Å²) in [6, 6.07) is 0. The molecule has 1 amide bonds. The van der Waals surface area contributed by atoms with Crippen molar-refractivity contribution in [3.8, 4) is 0 Å². The molecule has 2 rings (SSSR count). The molecule has 1 saturated heterocycles. The number of H-pyrrole nitrogens is 1. The minimum absolute atomic E-state index is 0.0225. The maximum Gasteiger partial charge on any atom is 0.256 e. The fourth-order valence-corrected chi connectivity index (χ4v) is 2.12. The highest BCUT2D eigenvalue weighted by molar-refractivity contribution is 5.94. The molecule has 1 aliphatic heterocycles. The van der Waals surface area contributed by atoms with Gasteiger partial charge in [-0.05, 0) is 19.4 Å². The summed E-state index contributed by atoms with van der Waals surface area (Å²) in [5, 5.41) is 10.3. The lowest BCUT2D eigenvalue weighted by atomic mass is 9.93. The Hall–Kier alpha value is -1.36. The maximum atomic E-state index is 11.9. The number of carbonyl (C=O) groups excluding carboxylic acids is 1. The molecule has 0 bridgehead atoms. The van der Waals surface area contributed by atoms with E-state index < -0.39 is 0 Å². The summed E-state index contributed by atoms with van der Waals surface area (Å²) in [5.74, 6) is 0.407. The second kappa shape index (κ2) is 4.65. The fourth-order valence-electron chi connectivity index (χ4n) is 2.12. The van der Waals surface area contributed by atoms with Crippen molar-refractivity contribution >= 4 is 5.91 Å². The molecule has 0 unspecified atom stereocenters. The van der Waals surface area contributed by atoms with Crippen LogP contribution in [0.2, 0.25) is 0 Å². The number of aromatic nitrogens is 2. The number of nitrogens with zero attached hydrogens (tertiary/aromatic N) is 2. The standard InChI is InChI=1S/C11H18N4O/c1-15(2)11(16)9-7-13-14-10(9)8-4-3-5-12-6-8/h7-8,12H,3-6H2,1-2H3,(H,13,14)/t8-/m0/s1. The average molecular weight is 222 g/mol. The molecule has 1 aromatic heterocycles. The lowest BCUT2D eigenvalue weighted by molar-refractivity contribution is 0.0826. The lowest BCUT2D eigenvalue weighted by Gasteiger charge is -2.23. The van der Waals surface area contributed by atoms with Crippen LogP contribution in [0.15, 0.2) is 6.20 Å². The SMILES string of the molecule is CN(C)C(=O)c1cn[nH]c1[C@H]1CCCNC1. The molecular weight excluding hydrogens is 204 g/mol. The number of carbonyl (C=O) groups is 1. The summed E-state index contributed by atoms with van der Waals surface area (Å²) in [6.45, 7) is 2.00. The largest absolute Gasteiger partial charge is 0.345 e. The highest BCUT2D eigenvalue weighted by Gasteiger charge is 2.23. The number of nitrogens with one attached hydrogen (secondary N) is 2. The van der Waals surface area contributed by atoms with Gasteiger partial charge < -0.3 is 10.2 Å². The molecule has 0 radical (unpaired) electrons. The van der Waals surface area contributed by atoms with Gasteiger partial charge in [0.25, 0.3) is 5.91 Å². The van der Waals surface area contributed by atoms with Crippen LogP contribution in [0.1, 0.15) is 34.8 Å². The normalized spacial score (nSPS) is 20.8. The number of aromatic amines is 1. The van der Waals surface area contributed by atoms with E-state index in [2.05, 4.69) is 15.5 Å². The predicted octanol–water partition coefficient (Wildman–Crippen LogP) is 0.578. The van der Waals surface area contributed by atoms with Crippen LogP contribution in [0.5, 0.6) is 0 Å². The van der Waals surface area contributed by atoms with Crippen molar-refractivity contribution in [1.29, 1.82) is 0 Å². The van der Waals surface area contributed by atoms with Crippen LogP contribution in [0, 0.1) is 0 Å². The third kappa shape index (κ3) is 2.09. The highest BCUT2D eigenvalue weighted by Crippen LogP contribution is 2.24. The Morgan fingerprint density at radius 2 is 2.38 bits per heavy atom. The van der Waals surface area contributed by atoms with Crippen molar-refractivity contribution in [3.05, 3.63) is 17.5 Å². The van der Waals surface area contributed by atoms with E-state index in [0.717, 1.165) is 31.6 Å². The summed E-state index contributed by atoms with van der Waals surface area (Å²) in [6.07, 6.45) is 3.90. The zero-order chi connectivity index (χ0) is 11.5. The van der Waals surface area contributed by atoms with Gasteiger partial charge in [-0.15, -0.1) is 0 Å². The Bertz CT molecular complexity index is 366. The van der Waals surface area contributed by atoms with Gasteiger partial charge in [0.05, 0.1) is 17.5 Å². The third-order valence-corrected chi connectivity index (χ3v) is 3.01. The van der Waals surface area contributed by atoms with E-state index in [-0.39, 0.29) is 5.91 Å². The van der Waals surface area contributed by atoms with Gasteiger partial charge in [0.15, 0.2) is 0 Å². The summed E-state index contributed by atoms with van der Waals surface area (Å²) in [5.41, 5.74) is 1.68. The van der Waals surface area contributed by atoms with Crippen LogP contribution in [0.25, 0.3) is 0 Å². The van der Waals surface area contributed by atoms with Crippen LogP contribution >= 0.6 is 0 Å².